The second-order valence-electron chi connectivity index (χ2n) is 6.24. The Balaban J connectivity index is 1.65. The topological polar surface area (TPSA) is 33.5 Å². The third-order valence-corrected chi connectivity index (χ3v) is 4.34. The Kier molecular flexibility index (Phi) is 4.72. The van der Waals surface area contributed by atoms with Crippen molar-refractivity contribution in [2.24, 2.45) is 0 Å². The van der Waals surface area contributed by atoms with Crippen LogP contribution in [-0.2, 0) is 11.3 Å². The molecule has 1 aliphatic carbocycles. The molecule has 2 aromatic rings. The van der Waals surface area contributed by atoms with Crippen molar-refractivity contribution in [3.63, 3.8) is 0 Å². The molecule has 0 heterocycles. The Labute approximate surface area is 136 Å². The molecule has 0 spiro atoms. The lowest BCUT2D eigenvalue weighted by atomic mass is 10.2. The van der Waals surface area contributed by atoms with E-state index in [1.54, 1.807) is 12.1 Å². The molecule has 3 rings (SSSR count). The van der Waals surface area contributed by atoms with Crippen LogP contribution in [0.3, 0.4) is 0 Å². The SMILES string of the molecule is Cc1ccccc1NC(=O)C[NH+](Cc1ccccc1F)C1CC1. The van der Waals surface area contributed by atoms with E-state index in [2.05, 4.69) is 5.32 Å². The van der Waals surface area contributed by atoms with Crippen molar-refractivity contribution >= 4 is 11.6 Å². The number of hydrogen-bond acceptors (Lipinski definition) is 1. The summed E-state index contributed by atoms with van der Waals surface area (Å²) in [5.74, 6) is -0.206. The average molecular weight is 313 g/mol. The monoisotopic (exact) mass is 313 g/mol. The molecule has 0 bridgehead atoms. The van der Waals surface area contributed by atoms with E-state index in [0.29, 0.717) is 24.7 Å². The third-order valence-electron chi connectivity index (χ3n) is 4.34. The molecule has 1 amide bonds. The molecule has 0 aliphatic heterocycles. The van der Waals surface area contributed by atoms with Crippen LogP contribution in [0.2, 0.25) is 0 Å². The highest BCUT2D eigenvalue weighted by Gasteiger charge is 2.35. The van der Waals surface area contributed by atoms with E-state index in [1.165, 1.54) is 6.07 Å². The molecule has 2 N–H and O–H groups in total. The molecule has 4 heteroatoms. The number of carbonyl (C=O) groups excluding carboxylic acids is 1. The number of nitrogens with one attached hydrogen (secondary N) is 2. The van der Waals surface area contributed by atoms with Crippen molar-refractivity contribution in [1.29, 1.82) is 0 Å². The summed E-state index contributed by atoms with van der Waals surface area (Å²) in [6.45, 7) is 2.90. The molecule has 0 radical (unpaired) electrons. The number of benzene rings is 2. The summed E-state index contributed by atoms with van der Waals surface area (Å²) >= 11 is 0. The Morgan fingerprint density at radius 3 is 2.57 bits per heavy atom. The molecule has 120 valence electrons. The van der Waals surface area contributed by atoms with Crippen molar-refractivity contribution in [3.8, 4) is 0 Å². The number of aryl methyl sites for hydroxylation is 1. The predicted molar refractivity (Wildman–Crippen MR) is 88.8 cm³/mol. The minimum Gasteiger partial charge on any atom is -0.321 e. The van der Waals surface area contributed by atoms with Crippen LogP contribution in [0.25, 0.3) is 0 Å². The fourth-order valence-electron chi connectivity index (χ4n) is 2.84. The molecule has 1 atom stereocenters. The van der Waals surface area contributed by atoms with Gasteiger partial charge >= 0.3 is 0 Å². The van der Waals surface area contributed by atoms with E-state index in [1.807, 2.05) is 37.3 Å². The van der Waals surface area contributed by atoms with Crippen LogP contribution in [-0.4, -0.2) is 18.5 Å². The molecule has 1 unspecified atom stereocenters. The van der Waals surface area contributed by atoms with Gasteiger partial charge in [-0.3, -0.25) is 4.79 Å². The van der Waals surface area contributed by atoms with Crippen LogP contribution in [0.5, 0.6) is 0 Å². The van der Waals surface area contributed by atoms with Gasteiger partial charge in [0.15, 0.2) is 6.54 Å². The number of carbonyl (C=O) groups is 1. The zero-order valence-electron chi connectivity index (χ0n) is 13.3. The minimum absolute atomic E-state index is 0.0162. The van der Waals surface area contributed by atoms with E-state index in [9.17, 15) is 9.18 Å². The van der Waals surface area contributed by atoms with Gasteiger partial charge in [-0.2, -0.15) is 0 Å². The van der Waals surface area contributed by atoms with Crippen LogP contribution < -0.4 is 10.2 Å². The Bertz CT molecular complexity index is 697. The first kappa shape index (κ1) is 15.7. The van der Waals surface area contributed by atoms with E-state index in [-0.39, 0.29) is 11.7 Å². The van der Waals surface area contributed by atoms with Crippen molar-refractivity contribution in [3.05, 3.63) is 65.5 Å². The van der Waals surface area contributed by atoms with Gasteiger partial charge < -0.3 is 10.2 Å². The second kappa shape index (κ2) is 6.92. The maximum absolute atomic E-state index is 13.9. The number of quaternary nitrogens is 1. The van der Waals surface area contributed by atoms with Crippen LogP contribution >= 0.6 is 0 Å². The highest BCUT2D eigenvalue weighted by molar-refractivity contribution is 5.92. The summed E-state index contributed by atoms with van der Waals surface area (Å²) < 4.78 is 13.9. The maximum Gasteiger partial charge on any atom is 0.279 e. The van der Waals surface area contributed by atoms with E-state index >= 15 is 0 Å². The number of halogens is 1. The first-order chi connectivity index (χ1) is 11.1. The summed E-state index contributed by atoms with van der Waals surface area (Å²) in [6, 6.07) is 15.0. The molecule has 23 heavy (non-hydrogen) atoms. The van der Waals surface area contributed by atoms with Crippen molar-refractivity contribution in [2.45, 2.75) is 32.4 Å². The predicted octanol–water partition coefficient (Wildman–Crippen LogP) is 2.32. The summed E-state index contributed by atoms with van der Waals surface area (Å²) in [7, 11) is 0. The van der Waals surface area contributed by atoms with Gasteiger partial charge in [-0.25, -0.2) is 4.39 Å². The molecule has 0 aromatic heterocycles. The smallest absolute Gasteiger partial charge is 0.279 e. The molecule has 2 aromatic carbocycles. The van der Waals surface area contributed by atoms with Gasteiger partial charge in [0.25, 0.3) is 5.91 Å². The van der Waals surface area contributed by atoms with Gasteiger partial charge in [-0.05, 0) is 24.6 Å². The lowest BCUT2D eigenvalue weighted by molar-refractivity contribution is -0.917. The second-order valence-corrected chi connectivity index (χ2v) is 6.24. The Morgan fingerprint density at radius 1 is 1.17 bits per heavy atom. The van der Waals surface area contributed by atoms with Crippen LogP contribution in [0, 0.1) is 12.7 Å². The first-order valence-corrected chi connectivity index (χ1v) is 8.07. The molecule has 1 fully saturated rings. The summed E-state index contributed by atoms with van der Waals surface area (Å²) in [4.78, 5) is 13.5. The van der Waals surface area contributed by atoms with Crippen molar-refractivity contribution < 1.29 is 14.1 Å². The van der Waals surface area contributed by atoms with Crippen LogP contribution in [0.1, 0.15) is 24.0 Å². The highest BCUT2D eigenvalue weighted by Crippen LogP contribution is 2.17. The van der Waals surface area contributed by atoms with Crippen molar-refractivity contribution in [1.82, 2.24) is 0 Å². The summed E-state index contributed by atoms with van der Waals surface area (Å²) in [5.41, 5.74) is 2.57. The fourth-order valence-corrected chi connectivity index (χ4v) is 2.84. The molecular weight excluding hydrogens is 291 g/mol. The first-order valence-electron chi connectivity index (χ1n) is 8.07. The molecule has 0 saturated heterocycles. The summed E-state index contributed by atoms with van der Waals surface area (Å²) in [5, 5.41) is 2.97. The van der Waals surface area contributed by atoms with Gasteiger partial charge in [-0.1, -0.05) is 36.4 Å². The number of amides is 1. The Hall–Kier alpha value is -2.20. The van der Waals surface area contributed by atoms with Crippen molar-refractivity contribution in [2.75, 3.05) is 11.9 Å². The normalized spacial score (nSPS) is 15.2. The van der Waals surface area contributed by atoms with E-state index in [0.717, 1.165) is 29.0 Å². The minimum atomic E-state index is -0.190. The molecule has 1 saturated carbocycles. The lowest BCUT2D eigenvalue weighted by Gasteiger charge is -2.19. The molecule has 3 nitrogen and oxygen atoms in total. The third kappa shape index (κ3) is 4.17. The Morgan fingerprint density at radius 2 is 1.87 bits per heavy atom. The quantitative estimate of drug-likeness (QED) is 0.843. The van der Waals surface area contributed by atoms with Gasteiger partial charge in [0.2, 0.25) is 0 Å². The zero-order valence-corrected chi connectivity index (χ0v) is 13.3. The number of hydrogen-bond donors (Lipinski definition) is 2. The van der Waals surface area contributed by atoms with Gasteiger partial charge in [0, 0.05) is 24.1 Å². The largest absolute Gasteiger partial charge is 0.321 e. The molecular formula is C19H22FN2O+. The van der Waals surface area contributed by atoms with Gasteiger partial charge in [-0.15, -0.1) is 0 Å². The lowest BCUT2D eigenvalue weighted by Crippen LogP contribution is -3.13. The maximum atomic E-state index is 13.9. The average Bonchev–Trinajstić information content (AvgIpc) is 3.36. The standard InChI is InChI=1S/C19H21FN2O/c1-14-6-2-5-9-18(14)21-19(23)13-22(16-10-11-16)12-15-7-3-4-8-17(15)20/h2-9,16H,10-13H2,1H3,(H,21,23)/p+1. The summed E-state index contributed by atoms with van der Waals surface area (Å²) in [6.07, 6.45) is 2.23. The highest BCUT2D eigenvalue weighted by atomic mass is 19.1. The van der Waals surface area contributed by atoms with Gasteiger partial charge in [0.1, 0.15) is 12.4 Å². The van der Waals surface area contributed by atoms with E-state index in [4.69, 9.17) is 0 Å². The van der Waals surface area contributed by atoms with E-state index < -0.39 is 0 Å². The molecule has 1 aliphatic rings. The zero-order chi connectivity index (χ0) is 16.2. The van der Waals surface area contributed by atoms with Crippen LogP contribution in [0.15, 0.2) is 48.5 Å². The van der Waals surface area contributed by atoms with Crippen LogP contribution in [0.4, 0.5) is 10.1 Å². The number of anilines is 1. The number of rotatable bonds is 6. The fraction of sp³-hybridized carbons (Fsp3) is 0.316. The number of para-hydroxylation sites is 1. The van der Waals surface area contributed by atoms with Gasteiger partial charge in [0.05, 0.1) is 6.04 Å².